The van der Waals surface area contributed by atoms with Gasteiger partial charge in [-0.2, -0.15) is 0 Å². The lowest BCUT2D eigenvalue weighted by molar-refractivity contribution is 0.419. The van der Waals surface area contributed by atoms with Gasteiger partial charge in [-0.15, -0.1) is 0 Å². The summed E-state index contributed by atoms with van der Waals surface area (Å²) in [7, 11) is -1.59. The molecule has 0 fully saturated rings. The number of rotatable bonds is 4. The molecule has 0 aliphatic heterocycles. The van der Waals surface area contributed by atoms with Gasteiger partial charge in [-0.05, 0) is 17.0 Å². The van der Waals surface area contributed by atoms with Crippen molar-refractivity contribution in [1.82, 2.24) is 4.31 Å². The zero-order chi connectivity index (χ0) is 14.0. The fourth-order valence-corrected chi connectivity index (χ4v) is 3.68. The van der Waals surface area contributed by atoms with Crippen molar-refractivity contribution in [3.63, 3.8) is 0 Å². The third-order valence-electron chi connectivity index (χ3n) is 2.44. The van der Waals surface area contributed by atoms with Crippen LogP contribution in [-0.2, 0) is 16.6 Å². The average Bonchev–Trinajstić information content (AvgIpc) is 2.17. The Hall–Kier alpha value is -0.390. The number of sulfonamides is 1. The van der Waals surface area contributed by atoms with Crippen LogP contribution >= 0.6 is 15.9 Å². The Labute approximate surface area is 118 Å². The van der Waals surface area contributed by atoms with Crippen LogP contribution in [0.15, 0.2) is 28.7 Å². The highest BCUT2D eigenvalue weighted by Gasteiger charge is 2.25. The Morgan fingerprint density at radius 1 is 1.22 bits per heavy atom. The van der Waals surface area contributed by atoms with E-state index in [1.54, 1.807) is 7.05 Å². The maximum Gasteiger partial charge on any atom is 0.214 e. The molecule has 0 saturated carbocycles. The number of hydrogen-bond donors (Lipinski definition) is 0. The molecule has 0 saturated heterocycles. The smallest absolute Gasteiger partial charge is 0.212 e. The molecule has 3 nitrogen and oxygen atoms in total. The Morgan fingerprint density at radius 2 is 1.78 bits per heavy atom. The van der Waals surface area contributed by atoms with Gasteiger partial charge in [0.2, 0.25) is 10.0 Å². The first-order chi connectivity index (χ1) is 8.12. The molecule has 0 unspecified atom stereocenters. The minimum atomic E-state index is -3.22. The van der Waals surface area contributed by atoms with Gasteiger partial charge in [-0.1, -0.05) is 54.9 Å². The van der Waals surface area contributed by atoms with Gasteiger partial charge in [0, 0.05) is 18.1 Å². The van der Waals surface area contributed by atoms with Crippen molar-refractivity contribution >= 4 is 26.0 Å². The van der Waals surface area contributed by atoms with Crippen LogP contribution in [0.5, 0.6) is 0 Å². The quantitative estimate of drug-likeness (QED) is 0.848. The fraction of sp³-hybridized carbons (Fsp3) is 0.538. The molecule has 0 atom stereocenters. The lowest BCUT2D eigenvalue weighted by atomic mass is 10.0. The molecule has 18 heavy (non-hydrogen) atoms. The summed E-state index contributed by atoms with van der Waals surface area (Å²) in [5, 5.41) is 0. The van der Waals surface area contributed by atoms with Crippen LogP contribution in [0, 0.1) is 5.41 Å². The molecular weight excluding hydrogens is 314 g/mol. The minimum Gasteiger partial charge on any atom is -0.212 e. The molecule has 0 heterocycles. The standard InChI is InChI=1S/C13H20BrNO2S/c1-13(2,3)10-18(16,17)15(4)9-11-7-5-6-8-12(11)14/h5-8H,9-10H2,1-4H3. The van der Waals surface area contributed by atoms with E-state index in [2.05, 4.69) is 15.9 Å². The molecule has 0 bridgehead atoms. The van der Waals surface area contributed by atoms with E-state index in [1.165, 1.54) is 4.31 Å². The van der Waals surface area contributed by atoms with E-state index in [1.807, 2.05) is 45.0 Å². The maximum atomic E-state index is 12.2. The Kier molecular flexibility index (Phi) is 4.98. The zero-order valence-electron chi connectivity index (χ0n) is 11.3. The fourth-order valence-electron chi connectivity index (χ4n) is 1.62. The van der Waals surface area contributed by atoms with Gasteiger partial charge in [0.05, 0.1) is 5.75 Å². The predicted octanol–water partition coefficient (Wildman–Crippen LogP) is 3.26. The number of nitrogens with zero attached hydrogens (tertiary/aromatic N) is 1. The van der Waals surface area contributed by atoms with E-state index < -0.39 is 10.0 Å². The molecule has 102 valence electrons. The summed E-state index contributed by atoms with van der Waals surface area (Å²) in [6, 6.07) is 7.66. The summed E-state index contributed by atoms with van der Waals surface area (Å²) in [6.45, 7) is 6.17. The van der Waals surface area contributed by atoms with E-state index >= 15 is 0 Å². The van der Waals surface area contributed by atoms with Crippen LogP contribution in [0.4, 0.5) is 0 Å². The summed E-state index contributed by atoms with van der Waals surface area (Å²) >= 11 is 3.43. The first-order valence-corrected chi connectivity index (χ1v) is 8.19. The van der Waals surface area contributed by atoms with Crippen molar-refractivity contribution in [3.8, 4) is 0 Å². The van der Waals surface area contributed by atoms with E-state index in [-0.39, 0.29) is 11.2 Å². The molecular formula is C13H20BrNO2S. The van der Waals surface area contributed by atoms with Crippen LogP contribution in [0.25, 0.3) is 0 Å². The van der Waals surface area contributed by atoms with Gasteiger partial charge in [-0.3, -0.25) is 0 Å². The summed E-state index contributed by atoms with van der Waals surface area (Å²) in [5.74, 6) is 0.154. The topological polar surface area (TPSA) is 37.4 Å². The van der Waals surface area contributed by atoms with E-state index in [0.717, 1.165) is 10.0 Å². The van der Waals surface area contributed by atoms with E-state index in [0.29, 0.717) is 6.54 Å². The van der Waals surface area contributed by atoms with Crippen LogP contribution in [-0.4, -0.2) is 25.5 Å². The number of halogens is 1. The molecule has 0 aromatic heterocycles. The van der Waals surface area contributed by atoms with Crippen molar-refractivity contribution in [3.05, 3.63) is 34.3 Å². The third kappa shape index (κ3) is 4.71. The molecule has 0 amide bonds. The first-order valence-electron chi connectivity index (χ1n) is 5.79. The van der Waals surface area contributed by atoms with Crippen molar-refractivity contribution < 1.29 is 8.42 Å². The highest BCUT2D eigenvalue weighted by atomic mass is 79.9. The second-order valence-electron chi connectivity index (χ2n) is 5.66. The molecule has 0 N–H and O–H groups in total. The summed E-state index contributed by atoms with van der Waals surface area (Å²) < 4.78 is 26.7. The summed E-state index contributed by atoms with van der Waals surface area (Å²) in [5.41, 5.74) is 0.735. The van der Waals surface area contributed by atoms with Crippen LogP contribution in [0.2, 0.25) is 0 Å². The summed E-state index contributed by atoms with van der Waals surface area (Å²) in [4.78, 5) is 0. The summed E-state index contributed by atoms with van der Waals surface area (Å²) in [6.07, 6.45) is 0. The predicted molar refractivity (Wildman–Crippen MR) is 78.9 cm³/mol. The van der Waals surface area contributed by atoms with Gasteiger partial charge >= 0.3 is 0 Å². The lowest BCUT2D eigenvalue weighted by Crippen LogP contribution is -2.33. The number of benzene rings is 1. The Balaban J connectivity index is 2.83. The van der Waals surface area contributed by atoms with Crippen LogP contribution in [0.3, 0.4) is 0 Å². The van der Waals surface area contributed by atoms with Crippen molar-refractivity contribution in [2.75, 3.05) is 12.8 Å². The normalized spacial score (nSPS) is 13.0. The van der Waals surface area contributed by atoms with Gasteiger partial charge in [-0.25, -0.2) is 12.7 Å². The minimum absolute atomic E-state index is 0.154. The monoisotopic (exact) mass is 333 g/mol. The van der Waals surface area contributed by atoms with Gasteiger partial charge in [0.15, 0.2) is 0 Å². The first kappa shape index (κ1) is 15.7. The van der Waals surface area contributed by atoms with E-state index in [4.69, 9.17) is 0 Å². The highest BCUT2D eigenvalue weighted by Crippen LogP contribution is 2.22. The molecule has 1 aromatic rings. The van der Waals surface area contributed by atoms with Crippen molar-refractivity contribution in [1.29, 1.82) is 0 Å². The number of hydrogen-bond acceptors (Lipinski definition) is 2. The third-order valence-corrected chi connectivity index (χ3v) is 5.52. The highest BCUT2D eigenvalue weighted by molar-refractivity contribution is 9.10. The van der Waals surface area contributed by atoms with Crippen molar-refractivity contribution in [2.24, 2.45) is 5.41 Å². The molecule has 0 aliphatic carbocycles. The van der Waals surface area contributed by atoms with Crippen LogP contribution < -0.4 is 0 Å². The largest absolute Gasteiger partial charge is 0.214 e. The Morgan fingerprint density at radius 3 is 2.28 bits per heavy atom. The van der Waals surface area contributed by atoms with Gasteiger partial charge in [0.25, 0.3) is 0 Å². The molecule has 1 rings (SSSR count). The van der Waals surface area contributed by atoms with E-state index in [9.17, 15) is 8.42 Å². The zero-order valence-corrected chi connectivity index (χ0v) is 13.7. The molecule has 1 aromatic carbocycles. The molecule has 0 radical (unpaired) electrons. The second-order valence-corrected chi connectivity index (χ2v) is 8.59. The Bertz CT molecular complexity index is 506. The second kappa shape index (κ2) is 5.72. The maximum absolute atomic E-state index is 12.2. The molecule has 0 spiro atoms. The van der Waals surface area contributed by atoms with Gasteiger partial charge < -0.3 is 0 Å². The lowest BCUT2D eigenvalue weighted by Gasteiger charge is -2.24. The molecule has 5 heteroatoms. The van der Waals surface area contributed by atoms with Gasteiger partial charge in [0.1, 0.15) is 0 Å². The van der Waals surface area contributed by atoms with Crippen LogP contribution in [0.1, 0.15) is 26.3 Å². The average molecular weight is 334 g/mol. The molecule has 0 aliphatic rings. The SMILES string of the molecule is CN(Cc1ccccc1Br)S(=O)(=O)CC(C)(C)C. The van der Waals surface area contributed by atoms with Crippen molar-refractivity contribution in [2.45, 2.75) is 27.3 Å².